The molecule has 1 aliphatic rings. The van der Waals surface area contributed by atoms with Crippen molar-refractivity contribution in [2.24, 2.45) is 5.92 Å². The van der Waals surface area contributed by atoms with Crippen LogP contribution in [-0.2, 0) is 9.53 Å². The third-order valence-corrected chi connectivity index (χ3v) is 3.57. The first-order valence-electron chi connectivity index (χ1n) is 6.62. The van der Waals surface area contributed by atoms with Gasteiger partial charge in [-0.1, -0.05) is 0 Å². The minimum absolute atomic E-state index is 0.234. The number of nitrogens with zero attached hydrogens (tertiary/aromatic N) is 1. The zero-order chi connectivity index (χ0) is 13.8. The standard InChI is InChI=1S/C13H26N2O3/c1-10(2)15-6-5-11(8-15)7-14-9-13(3,17)12(16)18-4/h10-11,14,17H,5-9H2,1-4H3. The Balaban J connectivity index is 2.25. The fourth-order valence-electron chi connectivity index (χ4n) is 2.31. The van der Waals surface area contributed by atoms with Crippen LogP contribution in [0.4, 0.5) is 0 Å². The second-order valence-corrected chi connectivity index (χ2v) is 5.64. The van der Waals surface area contributed by atoms with E-state index in [4.69, 9.17) is 0 Å². The molecule has 2 N–H and O–H groups in total. The van der Waals surface area contributed by atoms with E-state index in [1.165, 1.54) is 20.5 Å². The number of nitrogens with one attached hydrogen (secondary N) is 1. The maximum atomic E-state index is 11.3. The third kappa shape index (κ3) is 4.23. The highest BCUT2D eigenvalue weighted by atomic mass is 16.5. The van der Waals surface area contributed by atoms with Crippen LogP contribution in [0.5, 0.6) is 0 Å². The molecule has 1 fully saturated rings. The zero-order valence-electron chi connectivity index (χ0n) is 11.9. The van der Waals surface area contributed by atoms with E-state index in [-0.39, 0.29) is 6.54 Å². The van der Waals surface area contributed by atoms with Crippen molar-refractivity contribution in [3.8, 4) is 0 Å². The number of ether oxygens (including phenoxy) is 1. The van der Waals surface area contributed by atoms with Crippen molar-refractivity contribution in [2.75, 3.05) is 33.3 Å². The number of likely N-dealkylation sites (tertiary alicyclic amines) is 1. The van der Waals surface area contributed by atoms with Crippen LogP contribution >= 0.6 is 0 Å². The van der Waals surface area contributed by atoms with Gasteiger partial charge in [-0.15, -0.1) is 0 Å². The molecule has 5 heteroatoms. The minimum atomic E-state index is -1.44. The van der Waals surface area contributed by atoms with Gasteiger partial charge in [0.2, 0.25) is 0 Å². The van der Waals surface area contributed by atoms with Gasteiger partial charge in [-0.2, -0.15) is 0 Å². The van der Waals surface area contributed by atoms with Gasteiger partial charge in [0, 0.05) is 19.1 Å². The molecule has 1 aliphatic heterocycles. The van der Waals surface area contributed by atoms with Crippen molar-refractivity contribution in [1.29, 1.82) is 0 Å². The minimum Gasteiger partial charge on any atom is -0.467 e. The SMILES string of the molecule is COC(=O)C(C)(O)CNCC1CCN(C(C)C)C1. The van der Waals surface area contributed by atoms with E-state index in [0.29, 0.717) is 12.0 Å². The summed E-state index contributed by atoms with van der Waals surface area (Å²) < 4.78 is 4.55. The summed E-state index contributed by atoms with van der Waals surface area (Å²) in [6.45, 7) is 9.17. The molecule has 106 valence electrons. The summed E-state index contributed by atoms with van der Waals surface area (Å²) in [6, 6.07) is 0.591. The fraction of sp³-hybridized carbons (Fsp3) is 0.923. The summed E-state index contributed by atoms with van der Waals surface area (Å²) in [5.74, 6) is 0.00563. The fourth-order valence-corrected chi connectivity index (χ4v) is 2.31. The molecule has 0 bridgehead atoms. The number of rotatable bonds is 6. The molecule has 1 saturated heterocycles. The highest BCUT2D eigenvalue weighted by molar-refractivity contribution is 5.78. The van der Waals surface area contributed by atoms with Crippen LogP contribution in [0.25, 0.3) is 0 Å². The van der Waals surface area contributed by atoms with Gasteiger partial charge in [-0.3, -0.25) is 0 Å². The number of hydrogen-bond acceptors (Lipinski definition) is 5. The predicted molar refractivity (Wildman–Crippen MR) is 70.3 cm³/mol. The molecule has 0 amide bonds. The quantitative estimate of drug-likeness (QED) is 0.668. The Kier molecular flexibility index (Phi) is 5.56. The predicted octanol–water partition coefficient (Wildman–Crippen LogP) is 0.230. The van der Waals surface area contributed by atoms with Crippen molar-refractivity contribution >= 4 is 5.97 Å². The number of methoxy groups -OCH3 is 1. The zero-order valence-corrected chi connectivity index (χ0v) is 11.9. The Morgan fingerprint density at radius 1 is 1.61 bits per heavy atom. The highest BCUT2D eigenvalue weighted by Crippen LogP contribution is 2.17. The number of carbonyl (C=O) groups is 1. The Morgan fingerprint density at radius 3 is 2.78 bits per heavy atom. The van der Waals surface area contributed by atoms with Crippen LogP contribution in [0.3, 0.4) is 0 Å². The molecular formula is C13H26N2O3. The lowest BCUT2D eigenvalue weighted by atomic mass is 10.1. The first kappa shape index (κ1) is 15.4. The molecule has 0 spiro atoms. The largest absolute Gasteiger partial charge is 0.467 e. The lowest BCUT2D eigenvalue weighted by Crippen LogP contribution is -2.46. The van der Waals surface area contributed by atoms with Gasteiger partial charge in [0.25, 0.3) is 0 Å². The molecule has 0 aromatic rings. The first-order valence-corrected chi connectivity index (χ1v) is 6.62. The van der Waals surface area contributed by atoms with E-state index < -0.39 is 11.6 Å². The summed E-state index contributed by atoms with van der Waals surface area (Å²) in [4.78, 5) is 13.7. The van der Waals surface area contributed by atoms with Crippen LogP contribution in [0.15, 0.2) is 0 Å². The van der Waals surface area contributed by atoms with Gasteiger partial charge in [0.1, 0.15) is 0 Å². The van der Waals surface area contributed by atoms with E-state index in [9.17, 15) is 9.90 Å². The second kappa shape index (κ2) is 6.50. The Bertz CT molecular complexity index is 279. The Labute approximate surface area is 109 Å². The first-order chi connectivity index (χ1) is 8.36. The molecule has 5 nitrogen and oxygen atoms in total. The molecule has 18 heavy (non-hydrogen) atoms. The van der Waals surface area contributed by atoms with Gasteiger partial charge in [-0.25, -0.2) is 4.79 Å². The maximum Gasteiger partial charge on any atom is 0.338 e. The van der Waals surface area contributed by atoms with E-state index in [1.54, 1.807) is 0 Å². The van der Waals surface area contributed by atoms with Crippen molar-refractivity contribution < 1.29 is 14.6 Å². The van der Waals surface area contributed by atoms with Gasteiger partial charge >= 0.3 is 5.97 Å². The summed E-state index contributed by atoms with van der Waals surface area (Å²) in [5, 5.41) is 13.0. The van der Waals surface area contributed by atoms with Crippen molar-refractivity contribution in [3.63, 3.8) is 0 Å². The molecule has 2 atom stereocenters. The summed E-state index contributed by atoms with van der Waals surface area (Å²) >= 11 is 0. The summed E-state index contributed by atoms with van der Waals surface area (Å²) in [7, 11) is 1.29. The lowest BCUT2D eigenvalue weighted by molar-refractivity contribution is -0.159. The number of esters is 1. The maximum absolute atomic E-state index is 11.3. The molecule has 0 aromatic heterocycles. The smallest absolute Gasteiger partial charge is 0.338 e. The van der Waals surface area contributed by atoms with Crippen LogP contribution < -0.4 is 5.32 Å². The van der Waals surface area contributed by atoms with E-state index in [0.717, 1.165) is 19.6 Å². The Hall–Kier alpha value is -0.650. The van der Waals surface area contributed by atoms with E-state index >= 15 is 0 Å². The van der Waals surface area contributed by atoms with E-state index in [1.807, 2.05) is 0 Å². The third-order valence-electron chi connectivity index (χ3n) is 3.57. The number of hydrogen-bond donors (Lipinski definition) is 2. The molecule has 1 heterocycles. The monoisotopic (exact) mass is 258 g/mol. The van der Waals surface area contributed by atoms with Crippen LogP contribution in [0, 0.1) is 5.92 Å². The van der Waals surface area contributed by atoms with Crippen LogP contribution in [0.1, 0.15) is 27.2 Å². The van der Waals surface area contributed by atoms with Crippen molar-refractivity contribution in [1.82, 2.24) is 10.2 Å². The molecule has 0 aromatic carbocycles. The molecule has 0 aliphatic carbocycles. The highest BCUT2D eigenvalue weighted by Gasteiger charge is 2.31. The van der Waals surface area contributed by atoms with Gasteiger partial charge in [-0.05, 0) is 46.2 Å². The number of aliphatic hydroxyl groups is 1. The van der Waals surface area contributed by atoms with Gasteiger partial charge in [0.15, 0.2) is 5.60 Å². The Morgan fingerprint density at radius 2 is 2.28 bits per heavy atom. The second-order valence-electron chi connectivity index (χ2n) is 5.64. The van der Waals surface area contributed by atoms with Crippen molar-refractivity contribution in [2.45, 2.75) is 38.8 Å². The van der Waals surface area contributed by atoms with Gasteiger partial charge < -0.3 is 20.1 Å². The molecule has 1 rings (SSSR count). The van der Waals surface area contributed by atoms with E-state index in [2.05, 4.69) is 28.8 Å². The summed E-state index contributed by atoms with van der Waals surface area (Å²) in [5.41, 5.74) is -1.44. The topological polar surface area (TPSA) is 61.8 Å². The van der Waals surface area contributed by atoms with Crippen LogP contribution in [-0.4, -0.2) is 60.9 Å². The van der Waals surface area contributed by atoms with Gasteiger partial charge in [0.05, 0.1) is 7.11 Å². The normalized spacial score (nSPS) is 24.2. The lowest BCUT2D eigenvalue weighted by Gasteiger charge is -2.23. The average Bonchev–Trinajstić information content (AvgIpc) is 2.76. The van der Waals surface area contributed by atoms with Crippen molar-refractivity contribution in [3.05, 3.63) is 0 Å². The van der Waals surface area contributed by atoms with Crippen LogP contribution in [0.2, 0.25) is 0 Å². The molecule has 2 unspecified atom stereocenters. The average molecular weight is 258 g/mol. The summed E-state index contributed by atoms with van der Waals surface area (Å²) in [6.07, 6.45) is 1.17. The number of carbonyl (C=O) groups excluding carboxylic acids is 1. The molecule has 0 saturated carbocycles. The molecule has 0 radical (unpaired) electrons. The molecular weight excluding hydrogens is 232 g/mol.